The van der Waals surface area contributed by atoms with E-state index < -0.39 is 12.2 Å². The molecule has 0 bridgehead atoms. The number of likely N-dealkylation sites (tertiary alicyclic amines) is 1. The Balaban J connectivity index is 2.78. The topological polar surface area (TPSA) is 3.24 Å². The van der Waals surface area contributed by atoms with Gasteiger partial charge < -0.3 is 0 Å². The van der Waals surface area contributed by atoms with Crippen molar-refractivity contribution in [2.24, 2.45) is 11.8 Å². The number of nitrogens with zero attached hydrogens (tertiary/aromatic N) is 1. The number of hydrogen-bond acceptors (Lipinski definition) is 1. The van der Waals surface area contributed by atoms with Gasteiger partial charge in [-0.2, -0.15) is 13.2 Å². The minimum atomic E-state index is -4.09. The maximum Gasteiger partial charge on any atom is 0.404 e. The van der Waals surface area contributed by atoms with Crippen molar-refractivity contribution in [1.29, 1.82) is 0 Å². The molecule has 0 radical (unpaired) electrons. The maximum absolute atomic E-state index is 12.9. The molecule has 0 aromatic carbocycles. The summed E-state index contributed by atoms with van der Waals surface area (Å²) < 4.78 is 38.8. The summed E-state index contributed by atoms with van der Waals surface area (Å²) in [5.41, 5.74) is 0. The number of piperidine rings is 1. The zero-order valence-electron chi connectivity index (χ0n) is 10.5. The van der Waals surface area contributed by atoms with Crippen molar-refractivity contribution in [3.8, 4) is 0 Å². The molecule has 0 saturated carbocycles. The molecular formula is C12H22F3N. The van der Waals surface area contributed by atoms with E-state index in [0.717, 1.165) is 6.42 Å². The zero-order valence-corrected chi connectivity index (χ0v) is 10.5. The summed E-state index contributed by atoms with van der Waals surface area (Å²) in [5.74, 6) is 0.556. The fourth-order valence-electron chi connectivity index (χ4n) is 2.56. The molecule has 0 aliphatic carbocycles. The van der Waals surface area contributed by atoms with Gasteiger partial charge in [0.05, 0.1) is 0 Å². The van der Waals surface area contributed by atoms with E-state index in [2.05, 4.69) is 0 Å². The highest BCUT2D eigenvalue weighted by Gasteiger charge is 2.47. The molecule has 1 aliphatic heterocycles. The van der Waals surface area contributed by atoms with Gasteiger partial charge in [-0.3, -0.25) is 4.90 Å². The lowest BCUT2D eigenvalue weighted by atomic mass is 9.82. The summed E-state index contributed by atoms with van der Waals surface area (Å²) in [7, 11) is 0. The summed E-state index contributed by atoms with van der Waals surface area (Å²) in [6.45, 7) is 8.29. The highest BCUT2D eigenvalue weighted by atomic mass is 19.4. The average Bonchev–Trinajstić information content (AvgIpc) is 2.15. The van der Waals surface area contributed by atoms with Gasteiger partial charge in [0.25, 0.3) is 0 Å². The van der Waals surface area contributed by atoms with Crippen LogP contribution in [0.25, 0.3) is 0 Å². The summed E-state index contributed by atoms with van der Waals surface area (Å²) in [4.78, 5) is 1.60. The van der Waals surface area contributed by atoms with Gasteiger partial charge in [-0.25, -0.2) is 0 Å². The van der Waals surface area contributed by atoms with Gasteiger partial charge in [-0.05, 0) is 45.1 Å². The first-order valence-electron chi connectivity index (χ1n) is 6.06. The van der Waals surface area contributed by atoms with E-state index in [0.29, 0.717) is 12.5 Å². The molecule has 1 nitrogen and oxygen atoms in total. The summed E-state index contributed by atoms with van der Waals surface area (Å²) in [5, 5.41) is 0. The van der Waals surface area contributed by atoms with Crippen molar-refractivity contribution in [3.63, 3.8) is 0 Å². The number of rotatable bonds is 2. The van der Waals surface area contributed by atoms with E-state index in [9.17, 15) is 13.2 Å². The van der Waals surface area contributed by atoms with Crippen molar-refractivity contribution < 1.29 is 13.2 Å². The molecule has 0 aromatic heterocycles. The Labute approximate surface area is 96.0 Å². The van der Waals surface area contributed by atoms with Gasteiger partial charge in [-0.1, -0.05) is 13.8 Å². The van der Waals surface area contributed by atoms with Crippen molar-refractivity contribution in [2.45, 2.75) is 58.8 Å². The summed E-state index contributed by atoms with van der Waals surface area (Å²) in [6, 6.07) is -1.27. The van der Waals surface area contributed by atoms with Crippen LogP contribution in [-0.4, -0.2) is 29.7 Å². The first kappa shape index (κ1) is 13.8. The molecule has 1 rings (SSSR count). The highest BCUT2D eigenvalue weighted by molar-refractivity contribution is 4.88. The molecule has 1 saturated heterocycles. The van der Waals surface area contributed by atoms with Crippen LogP contribution in [0.2, 0.25) is 0 Å². The third-order valence-electron chi connectivity index (χ3n) is 3.67. The molecule has 1 heterocycles. The second-order valence-corrected chi connectivity index (χ2v) is 5.42. The molecule has 2 unspecified atom stereocenters. The number of halogens is 3. The molecule has 16 heavy (non-hydrogen) atoms. The van der Waals surface area contributed by atoms with Crippen LogP contribution < -0.4 is 0 Å². The second-order valence-electron chi connectivity index (χ2n) is 5.42. The predicted molar refractivity (Wildman–Crippen MR) is 59.2 cm³/mol. The molecule has 0 N–H and O–H groups in total. The molecule has 4 heteroatoms. The summed E-state index contributed by atoms with van der Waals surface area (Å²) in [6.07, 6.45) is -2.93. The van der Waals surface area contributed by atoms with Gasteiger partial charge in [0.15, 0.2) is 0 Å². The second kappa shape index (κ2) is 4.94. The van der Waals surface area contributed by atoms with E-state index >= 15 is 0 Å². The fraction of sp³-hybridized carbons (Fsp3) is 1.00. The highest BCUT2D eigenvalue weighted by Crippen LogP contribution is 2.37. The molecule has 96 valence electrons. The van der Waals surface area contributed by atoms with Gasteiger partial charge in [0, 0.05) is 6.04 Å². The van der Waals surface area contributed by atoms with Crippen LogP contribution in [0.5, 0.6) is 0 Å². The quantitative estimate of drug-likeness (QED) is 0.708. The minimum absolute atomic E-state index is 0.0280. The Morgan fingerprint density at radius 1 is 1.12 bits per heavy atom. The van der Waals surface area contributed by atoms with Crippen LogP contribution >= 0.6 is 0 Å². The van der Waals surface area contributed by atoms with E-state index in [1.54, 1.807) is 4.90 Å². The third-order valence-corrected chi connectivity index (χ3v) is 3.67. The Kier molecular flexibility index (Phi) is 4.27. The molecule has 0 spiro atoms. The Morgan fingerprint density at radius 2 is 1.69 bits per heavy atom. The molecular weight excluding hydrogens is 215 g/mol. The Bertz CT molecular complexity index is 223. The monoisotopic (exact) mass is 237 g/mol. The SMILES string of the molecule is CC(C)C1CCN(C(C)C)C(C(F)(F)F)C1. The van der Waals surface area contributed by atoms with E-state index in [-0.39, 0.29) is 18.4 Å². The van der Waals surface area contributed by atoms with Gasteiger partial charge in [0.1, 0.15) is 6.04 Å². The lowest BCUT2D eigenvalue weighted by Crippen LogP contribution is -2.53. The zero-order chi connectivity index (χ0) is 12.5. The standard InChI is InChI=1S/C12H22F3N/c1-8(2)10-5-6-16(9(3)4)11(7-10)12(13,14)15/h8-11H,5-7H2,1-4H3. The largest absolute Gasteiger partial charge is 0.404 e. The van der Waals surface area contributed by atoms with E-state index in [1.165, 1.54) is 0 Å². The molecule has 1 aliphatic rings. The van der Waals surface area contributed by atoms with Crippen molar-refractivity contribution in [3.05, 3.63) is 0 Å². The summed E-state index contributed by atoms with van der Waals surface area (Å²) >= 11 is 0. The first-order valence-corrected chi connectivity index (χ1v) is 6.06. The van der Waals surface area contributed by atoms with Crippen molar-refractivity contribution >= 4 is 0 Å². The van der Waals surface area contributed by atoms with Crippen LogP contribution in [0, 0.1) is 11.8 Å². The number of alkyl halides is 3. The molecule has 0 aromatic rings. The lowest BCUT2D eigenvalue weighted by Gasteiger charge is -2.43. The van der Waals surface area contributed by atoms with Gasteiger partial charge >= 0.3 is 6.18 Å². The van der Waals surface area contributed by atoms with Gasteiger partial charge in [0.2, 0.25) is 0 Å². The van der Waals surface area contributed by atoms with E-state index in [1.807, 2.05) is 27.7 Å². The predicted octanol–water partition coefficient (Wildman–Crippen LogP) is 3.69. The van der Waals surface area contributed by atoms with Crippen molar-refractivity contribution in [1.82, 2.24) is 4.90 Å². The van der Waals surface area contributed by atoms with Crippen LogP contribution in [0.3, 0.4) is 0 Å². The number of hydrogen-bond donors (Lipinski definition) is 0. The fourth-order valence-corrected chi connectivity index (χ4v) is 2.56. The maximum atomic E-state index is 12.9. The smallest absolute Gasteiger partial charge is 0.290 e. The lowest BCUT2D eigenvalue weighted by molar-refractivity contribution is -0.202. The molecule has 0 amide bonds. The van der Waals surface area contributed by atoms with E-state index in [4.69, 9.17) is 0 Å². The normalized spacial score (nSPS) is 29.1. The van der Waals surface area contributed by atoms with Gasteiger partial charge in [-0.15, -0.1) is 0 Å². The van der Waals surface area contributed by atoms with Crippen molar-refractivity contribution in [2.75, 3.05) is 6.54 Å². The minimum Gasteiger partial charge on any atom is -0.290 e. The average molecular weight is 237 g/mol. The first-order chi connectivity index (χ1) is 7.23. The van der Waals surface area contributed by atoms with Crippen LogP contribution in [-0.2, 0) is 0 Å². The van der Waals surface area contributed by atoms with Crippen LogP contribution in [0.4, 0.5) is 13.2 Å². The molecule has 1 fully saturated rings. The third kappa shape index (κ3) is 3.12. The van der Waals surface area contributed by atoms with Crippen LogP contribution in [0.1, 0.15) is 40.5 Å². The Morgan fingerprint density at radius 3 is 2.06 bits per heavy atom. The van der Waals surface area contributed by atoms with Crippen LogP contribution in [0.15, 0.2) is 0 Å². The Hall–Kier alpha value is -0.250. The molecule has 2 atom stereocenters.